The summed E-state index contributed by atoms with van der Waals surface area (Å²) in [5.41, 5.74) is 2.43. The Bertz CT molecular complexity index is 415. The van der Waals surface area contributed by atoms with Crippen LogP contribution in [0.4, 0.5) is 0 Å². The maximum absolute atomic E-state index is 11.4. The molecule has 0 saturated carbocycles. The Morgan fingerprint density at radius 3 is 2.75 bits per heavy atom. The summed E-state index contributed by atoms with van der Waals surface area (Å²) in [5.74, 6) is 1.29. The fraction of sp³-hybridized carbons (Fsp3) is 0.455. The summed E-state index contributed by atoms with van der Waals surface area (Å²) in [6.07, 6.45) is 1.26. The van der Waals surface area contributed by atoms with Gasteiger partial charge in [-0.1, -0.05) is 20.4 Å². The summed E-state index contributed by atoms with van der Waals surface area (Å²) < 4.78 is 0. The highest BCUT2D eigenvalue weighted by Gasteiger charge is 2.21. The zero-order chi connectivity index (χ0) is 12.1. The number of hydrogen-bond acceptors (Lipinski definition) is 3. The number of carbonyl (C=O) groups is 1. The van der Waals surface area contributed by atoms with E-state index in [0.29, 0.717) is 5.82 Å². The van der Waals surface area contributed by atoms with Crippen molar-refractivity contribution in [2.45, 2.75) is 26.8 Å². The highest BCUT2D eigenvalue weighted by molar-refractivity contribution is 5.87. The van der Waals surface area contributed by atoms with E-state index in [-0.39, 0.29) is 17.9 Å². The first kappa shape index (κ1) is 12.2. The summed E-state index contributed by atoms with van der Waals surface area (Å²) in [5, 5.41) is 9.61. The minimum absolute atomic E-state index is 0.206. The van der Waals surface area contributed by atoms with Gasteiger partial charge >= 0.3 is 0 Å². The molecule has 0 fully saturated rings. The highest BCUT2D eigenvalue weighted by atomic mass is 16.1. The third-order valence-electron chi connectivity index (χ3n) is 2.09. The summed E-state index contributed by atoms with van der Waals surface area (Å²) in [6.45, 7) is 9.16. The first-order chi connectivity index (χ1) is 7.54. The van der Waals surface area contributed by atoms with Gasteiger partial charge in [0.2, 0.25) is 0 Å². The van der Waals surface area contributed by atoms with Gasteiger partial charge in [0.25, 0.3) is 5.91 Å². The molecule has 0 aromatic carbocycles. The lowest BCUT2D eigenvalue weighted by Crippen LogP contribution is -2.31. The Kier molecular flexibility index (Phi) is 4.03. The van der Waals surface area contributed by atoms with Gasteiger partial charge in [0, 0.05) is 6.08 Å². The van der Waals surface area contributed by atoms with Gasteiger partial charge < -0.3 is 5.32 Å². The molecule has 1 rings (SSSR count). The molecule has 0 aliphatic rings. The molecule has 86 valence electrons. The molecule has 1 aromatic rings. The van der Waals surface area contributed by atoms with Crippen molar-refractivity contribution in [2.75, 3.05) is 0 Å². The number of hydrogen-bond donors (Lipinski definition) is 2. The van der Waals surface area contributed by atoms with Crippen LogP contribution in [0, 0.1) is 12.8 Å². The summed E-state index contributed by atoms with van der Waals surface area (Å²) in [6, 6.07) is -0.206. The van der Waals surface area contributed by atoms with Gasteiger partial charge in [0.05, 0.1) is 6.04 Å². The minimum atomic E-state index is -0.240. The van der Waals surface area contributed by atoms with Gasteiger partial charge in [-0.25, -0.2) is 4.98 Å². The summed E-state index contributed by atoms with van der Waals surface area (Å²) >= 11 is 0. The number of amides is 1. The fourth-order valence-electron chi connectivity index (χ4n) is 1.32. The minimum Gasteiger partial charge on any atom is -0.342 e. The Hall–Kier alpha value is -1.87. The molecule has 1 aromatic heterocycles. The molecule has 0 bridgehead atoms. The lowest BCUT2D eigenvalue weighted by atomic mass is 10.0. The maximum atomic E-state index is 11.4. The van der Waals surface area contributed by atoms with E-state index < -0.39 is 0 Å². The summed E-state index contributed by atoms with van der Waals surface area (Å²) in [7, 11) is 0. The molecule has 0 spiro atoms. The molecule has 1 heterocycles. The molecule has 0 aliphatic carbocycles. The largest absolute Gasteiger partial charge is 0.342 e. The van der Waals surface area contributed by atoms with E-state index in [9.17, 15) is 4.79 Å². The number of nitrogens with zero attached hydrogens (tertiary/aromatic N) is 2. The van der Waals surface area contributed by atoms with Crippen molar-refractivity contribution < 1.29 is 4.79 Å². The SMILES string of the molecule is C=C=CC(=O)NC(c1n[nH]c(C)n1)C(C)C. The lowest BCUT2D eigenvalue weighted by molar-refractivity contribution is -0.117. The molecule has 0 saturated heterocycles. The Morgan fingerprint density at radius 1 is 1.62 bits per heavy atom. The van der Waals surface area contributed by atoms with Gasteiger partial charge in [-0.2, -0.15) is 5.10 Å². The van der Waals surface area contributed by atoms with E-state index in [1.54, 1.807) is 0 Å². The second kappa shape index (κ2) is 5.28. The molecule has 5 heteroatoms. The number of aromatic nitrogens is 3. The number of rotatable bonds is 4. The van der Waals surface area contributed by atoms with E-state index >= 15 is 0 Å². The fourth-order valence-corrected chi connectivity index (χ4v) is 1.32. The molecule has 0 aliphatic heterocycles. The number of H-pyrrole nitrogens is 1. The predicted molar refractivity (Wildman–Crippen MR) is 60.6 cm³/mol. The average Bonchev–Trinajstić information content (AvgIpc) is 2.61. The molecular formula is C11H16N4O. The number of nitrogens with one attached hydrogen (secondary N) is 2. The van der Waals surface area contributed by atoms with Crippen molar-refractivity contribution >= 4 is 5.91 Å². The van der Waals surface area contributed by atoms with Crippen LogP contribution in [0.5, 0.6) is 0 Å². The topological polar surface area (TPSA) is 70.7 Å². The monoisotopic (exact) mass is 220 g/mol. The normalized spacial score (nSPS) is 12.0. The molecular weight excluding hydrogens is 204 g/mol. The number of carbonyl (C=O) groups excluding carboxylic acids is 1. The van der Waals surface area contributed by atoms with Crippen LogP contribution in [0.3, 0.4) is 0 Å². The van der Waals surface area contributed by atoms with Crippen molar-refractivity contribution in [1.82, 2.24) is 20.5 Å². The van der Waals surface area contributed by atoms with Gasteiger partial charge in [-0.05, 0) is 12.8 Å². The van der Waals surface area contributed by atoms with Crippen LogP contribution in [0.2, 0.25) is 0 Å². The van der Waals surface area contributed by atoms with Crippen LogP contribution in [0.1, 0.15) is 31.5 Å². The molecule has 1 unspecified atom stereocenters. The van der Waals surface area contributed by atoms with Gasteiger partial charge in [-0.15, -0.1) is 5.73 Å². The Morgan fingerprint density at radius 2 is 2.31 bits per heavy atom. The van der Waals surface area contributed by atoms with Gasteiger partial charge in [0.1, 0.15) is 5.82 Å². The molecule has 5 nitrogen and oxygen atoms in total. The van der Waals surface area contributed by atoms with Crippen LogP contribution in [-0.4, -0.2) is 21.1 Å². The first-order valence-electron chi connectivity index (χ1n) is 5.09. The van der Waals surface area contributed by atoms with Crippen molar-refractivity contribution in [3.63, 3.8) is 0 Å². The van der Waals surface area contributed by atoms with Crippen LogP contribution in [0.25, 0.3) is 0 Å². The smallest absolute Gasteiger partial charge is 0.252 e. The van der Waals surface area contributed by atoms with Crippen LogP contribution in [-0.2, 0) is 4.79 Å². The molecule has 1 atom stereocenters. The van der Waals surface area contributed by atoms with Crippen LogP contribution in [0.15, 0.2) is 18.4 Å². The standard InChI is InChI=1S/C11H16N4O/c1-5-6-9(16)13-10(7(2)3)11-12-8(4)14-15-11/h6-7,10H,1H2,2-4H3,(H,13,16)(H,12,14,15). The molecule has 16 heavy (non-hydrogen) atoms. The van der Waals surface area contributed by atoms with Crippen molar-refractivity contribution in [3.8, 4) is 0 Å². The van der Waals surface area contributed by atoms with Gasteiger partial charge in [0.15, 0.2) is 5.82 Å². The highest BCUT2D eigenvalue weighted by Crippen LogP contribution is 2.17. The van der Waals surface area contributed by atoms with Gasteiger partial charge in [-0.3, -0.25) is 9.89 Å². The zero-order valence-electron chi connectivity index (χ0n) is 9.74. The van der Waals surface area contributed by atoms with Crippen molar-refractivity contribution in [3.05, 3.63) is 30.0 Å². The maximum Gasteiger partial charge on any atom is 0.252 e. The second-order valence-corrected chi connectivity index (χ2v) is 3.86. The van der Waals surface area contributed by atoms with Crippen molar-refractivity contribution in [2.24, 2.45) is 5.92 Å². The van der Waals surface area contributed by atoms with Crippen LogP contribution < -0.4 is 5.32 Å². The first-order valence-corrected chi connectivity index (χ1v) is 5.09. The molecule has 0 radical (unpaired) electrons. The third-order valence-corrected chi connectivity index (χ3v) is 2.09. The van der Waals surface area contributed by atoms with E-state index in [1.807, 2.05) is 20.8 Å². The molecule has 1 amide bonds. The zero-order valence-corrected chi connectivity index (χ0v) is 9.74. The predicted octanol–water partition coefficient (Wildman–Crippen LogP) is 1.27. The van der Waals surface area contributed by atoms with E-state index in [0.717, 1.165) is 5.82 Å². The quantitative estimate of drug-likeness (QED) is 0.593. The summed E-state index contributed by atoms with van der Waals surface area (Å²) in [4.78, 5) is 15.6. The average molecular weight is 220 g/mol. The number of aromatic amines is 1. The van der Waals surface area contributed by atoms with E-state index in [1.165, 1.54) is 6.08 Å². The third kappa shape index (κ3) is 3.07. The Labute approximate surface area is 94.7 Å². The molecule has 2 N–H and O–H groups in total. The van der Waals surface area contributed by atoms with E-state index in [4.69, 9.17) is 0 Å². The second-order valence-electron chi connectivity index (χ2n) is 3.86. The van der Waals surface area contributed by atoms with Crippen LogP contribution >= 0.6 is 0 Å². The Balaban J connectivity index is 2.84. The lowest BCUT2D eigenvalue weighted by Gasteiger charge is -2.18. The van der Waals surface area contributed by atoms with E-state index in [2.05, 4.69) is 32.8 Å². The van der Waals surface area contributed by atoms with Crippen molar-refractivity contribution in [1.29, 1.82) is 0 Å². The number of aryl methyl sites for hydroxylation is 1.